The van der Waals surface area contributed by atoms with Crippen molar-refractivity contribution in [2.75, 3.05) is 7.11 Å². The molecule has 2 aromatic carbocycles. The van der Waals surface area contributed by atoms with Gasteiger partial charge in [0.05, 0.1) is 7.11 Å². The van der Waals surface area contributed by atoms with Gasteiger partial charge in [-0.3, -0.25) is 0 Å². The molecule has 2 nitrogen and oxygen atoms in total. The van der Waals surface area contributed by atoms with Crippen LogP contribution in [-0.4, -0.2) is 7.11 Å². The van der Waals surface area contributed by atoms with Gasteiger partial charge in [-0.2, -0.15) is 0 Å². The predicted octanol–water partition coefficient (Wildman–Crippen LogP) is 2.61. The molecule has 0 amide bonds. The lowest BCUT2D eigenvalue weighted by molar-refractivity contribution is 0.414. The summed E-state index contributed by atoms with van der Waals surface area (Å²) in [5.74, 6) is 0.855. The van der Waals surface area contributed by atoms with E-state index < -0.39 is 0 Å². The topological polar surface area (TPSA) is 35.2 Å². The molecule has 16 heavy (non-hydrogen) atoms. The van der Waals surface area contributed by atoms with Gasteiger partial charge in [0.2, 0.25) is 0 Å². The summed E-state index contributed by atoms with van der Waals surface area (Å²) in [5, 5.41) is 6.19. The Morgan fingerprint density at radius 3 is 2.00 bits per heavy atom. The van der Waals surface area contributed by atoms with Gasteiger partial charge in [0.25, 0.3) is 0 Å². The molecule has 0 saturated heterocycles. The molecule has 0 saturated carbocycles. The molecule has 2 rings (SSSR count). The molecule has 2 N–H and O–H groups in total. The lowest BCUT2D eigenvalue weighted by Crippen LogP contribution is -2.13. The zero-order valence-electron chi connectivity index (χ0n) is 9.09. The first kappa shape index (κ1) is 11.0. The van der Waals surface area contributed by atoms with Crippen LogP contribution < -0.4 is 9.88 Å². The van der Waals surface area contributed by atoms with Gasteiger partial charge in [0.1, 0.15) is 16.8 Å². The molecular formula is C13H14NOS+. The Bertz CT molecular complexity index is 441. The maximum atomic E-state index is 6.19. The van der Waals surface area contributed by atoms with E-state index in [1.54, 1.807) is 7.11 Å². The minimum absolute atomic E-state index is 0.363. The number of hydrogen-bond donors (Lipinski definition) is 1. The number of methoxy groups -OCH3 is 1. The van der Waals surface area contributed by atoms with E-state index in [2.05, 4.69) is 0 Å². The number of ether oxygens (including phenoxy) is 1. The highest BCUT2D eigenvalue weighted by atomic mass is 32.2. The molecule has 1 unspecified atom stereocenters. The van der Waals surface area contributed by atoms with E-state index in [9.17, 15) is 0 Å². The number of hydrogen-bond acceptors (Lipinski definition) is 2. The van der Waals surface area contributed by atoms with Gasteiger partial charge < -0.3 is 4.74 Å². The maximum Gasteiger partial charge on any atom is 0.181 e. The summed E-state index contributed by atoms with van der Waals surface area (Å²) >= 11 is -0.363. The van der Waals surface area contributed by atoms with E-state index in [-0.39, 0.29) is 11.1 Å². The molecular weight excluding hydrogens is 218 g/mol. The smallest absolute Gasteiger partial charge is 0.181 e. The first-order valence-corrected chi connectivity index (χ1v) is 6.28. The Kier molecular flexibility index (Phi) is 3.49. The van der Waals surface area contributed by atoms with Gasteiger partial charge in [0.15, 0.2) is 9.79 Å². The third kappa shape index (κ3) is 2.38. The van der Waals surface area contributed by atoms with Crippen molar-refractivity contribution in [3.05, 3.63) is 54.6 Å². The zero-order chi connectivity index (χ0) is 11.4. The molecule has 3 heteroatoms. The molecule has 0 heterocycles. The SMILES string of the molecule is COc1ccc([S+](N)c2ccccc2)cc1. The van der Waals surface area contributed by atoms with Crippen molar-refractivity contribution >= 4 is 11.1 Å². The Balaban J connectivity index is 2.24. The lowest BCUT2D eigenvalue weighted by Gasteiger charge is -2.02. The molecule has 0 spiro atoms. The highest BCUT2D eigenvalue weighted by Gasteiger charge is 2.19. The second kappa shape index (κ2) is 5.05. The molecule has 0 fully saturated rings. The summed E-state index contributed by atoms with van der Waals surface area (Å²) in [4.78, 5) is 2.26. The molecule has 0 aliphatic heterocycles. The van der Waals surface area contributed by atoms with Crippen LogP contribution in [0.1, 0.15) is 0 Å². The van der Waals surface area contributed by atoms with Crippen molar-refractivity contribution in [1.82, 2.24) is 0 Å². The minimum Gasteiger partial charge on any atom is -0.497 e. The molecule has 0 bridgehead atoms. The first-order valence-electron chi connectivity index (χ1n) is 4.99. The van der Waals surface area contributed by atoms with E-state index >= 15 is 0 Å². The van der Waals surface area contributed by atoms with Crippen LogP contribution in [0.5, 0.6) is 5.75 Å². The molecule has 0 aromatic heterocycles. The number of nitrogens with two attached hydrogens (primary N) is 1. The van der Waals surface area contributed by atoms with Crippen LogP contribution in [0.15, 0.2) is 64.4 Å². The fourth-order valence-electron chi connectivity index (χ4n) is 1.43. The summed E-state index contributed by atoms with van der Waals surface area (Å²) < 4.78 is 5.12. The van der Waals surface area contributed by atoms with Crippen LogP contribution in [0.2, 0.25) is 0 Å². The fourth-order valence-corrected chi connectivity index (χ4v) is 2.58. The predicted molar refractivity (Wildman–Crippen MR) is 67.5 cm³/mol. The molecule has 1 atom stereocenters. The van der Waals surface area contributed by atoms with Crippen LogP contribution in [0, 0.1) is 0 Å². The highest BCUT2D eigenvalue weighted by molar-refractivity contribution is 7.94. The third-order valence-electron chi connectivity index (χ3n) is 2.31. The van der Waals surface area contributed by atoms with E-state index in [0.29, 0.717) is 0 Å². The molecule has 2 aromatic rings. The largest absolute Gasteiger partial charge is 0.497 e. The van der Waals surface area contributed by atoms with Crippen molar-refractivity contribution in [2.45, 2.75) is 9.79 Å². The average molecular weight is 232 g/mol. The summed E-state index contributed by atoms with van der Waals surface area (Å²) in [6, 6.07) is 18.0. The third-order valence-corrected chi connectivity index (χ3v) is 3.87. The van der Waals surface area contributed by atoms with Gasteiger partial charge in [-0.25, -0.2) is 0 Å². The van der Waals surface area contributed by atoms with Gasteiger partial charge >= 0.3 is 0 Å². The van der Waals surface area contributed by atoms with Crippen LogP contribution in [0.4, 0.5) is 0 Å². The number of rotatable bonds is 3. The Labute approximate surface area is 98.5 Å². The lowest BCUT2D eigenvalue weighted by atomic mass is 10.3. The van der Waals surface area contributed by atoms with Crippen LogP contribution in [-0.2, 0) is 11.1 Å². The molecule has 0 aliphatic rings. The van der Waals surface area contributed by atoms with Gasteiger partial charge in [-0.1, -0.05) is 18.2 Å². The summed E-state index contributed by atoms with van der Waals surface area (Å²) in [6.07, 6.45) is 0. The quantitative estimate of drug-likeness (QED) is 0.826. The van der Waals surface area contributed by atoms with Gasteiger partial charge in [-0.15, -0.1) is 5.14 Å². The van der Waals surface area contributed by atoms with Crippen molar-refractivity contribution in [1.29, 1.82) is 0 Å². The van der Waals surface area contributed by atoms with E-state index in [1.165, 1.54) is 0 Å². The first-order chi connectivity index (χ1) is 7.81. The second-order valence-electron chi connectivity index (χ2n) is 3.33. The Morgan fingerprint density at radius 2 is 1.44 bits per heavy atom. The van der Waals surface area contributed by atoms with Crippen molar-refractivity contribution in [3.63, 3.8) is 0 Å². The van der Waals surface area contributed by atoms with E-state index in [4.69, 9.17) is 9.88 Å². The second-order valence-corrected chi connectivity index (χ2v) is 4.94. The Morgan fingerprint density at radius 1 is 0.875 bits per heavy atom. The number of benzene rings is 2. The summed E-state index contributed by atoms with van der Waals surface area (Å²) in [5.41, 5.74) is 0. The normalized spacial score (nSPS) is 12.1. The van der Waals surface area contributed by atoms with Gasteiger partial charge in [-0.05, 0) is 36.4 Å². The van der Waals surface area contributed by atoms with Crippen molar-refractivity contribution in [2.24, 2.45) is 5.14 Å². The maximum absolute atomic E-state index is 6.19. The van der Waals surface area contributed by atoms with E-state index in [1.807, 2.05) is 54.6 Å². The fraction of sp³-hybridized carbons (Fsp3) is 0.0769. The molecule has 82 valence electrons. The molecule has 0 aliphatic carbocycles. The van der Waals surface area contributed by atoms with E-state index in [0.717, 1.165) is 15.5 Å². The minimum atomic E-state index is -0.363. The van der Waals surface area contributed by atoms with Crippen molar-refractivity contribution < 1.29 is 4.74 Å². The average Bonchev–Trinajstić information content (AvgIpc) is 2.39. The van der Waals surface area contributed by atoms with Gasteiger partial charge in [0, 0.05) is 0 Å². The summed E-state index contributed by atoms with van der Waals surface area (Å²) in [7, 11) is 1.66. The van der Waals surface area contributed by atoms with Crippen molar-refractivity contribution in [3.8, 4) is 5.75 Å². The Hall–Kier alpha value is -1.45. The monoisotopic (exact) mass is 232 g/mol. The standard InChI is InChI=1S/C13H14NOS/c1-15-11-7-9-13(10-8-11)16(14)12-5-3-2-4-6-12/h2-10H,14H2,1H3/q+1. The highest BCUT2D eigenvalue weighted by Crippen LogP contribution is 2.20. The molecule has 0 radical (unpaired) electrons. The van der Waals surface area contributed by atoms with Crippen LogP contribution in [0.3, 0.4) is 0 Å². The zero-order valence-corrected chi connectivity index (χ0v) is 9.91. The summed E-state index contributed by atoms with van der Waals surface area (Å²) in [6.45, 7) is 0. The van der Waals surface area contributed by atoms with Crippen LogP contribution >= 0.6 is 0 Å². The van der Waals surface area contributed by atoms with Crippen LogP contribution in [0.25, 0.3) is 0 Å².